The minimum atomic E-state index is -0.221. The third-order valence-electron chi connectivity index (χ3n) is 2.65. The lowest BCUT2D eigenvalue weighted by atomic mass is 10.1. The van der Waals surface area contributed by atoms with Gasteiger partial charge in [-0.05, 0) is 56.7 Å². The fourth-order valence-electron chi connectivity index (χ4n) is 1.62. The van der Waals surface area contributed by atoms with E-state index in [0.717, 1.165) is 0 Å². The van der Waals surface area contributed by atoms with Gasteiger partial charge in [-0.3, -0.25) is 14.2 Å². The Morgan fingerprint density at radius 1 is 1.50 bits per heavy atom. The number of Topliss-reactive ketones (excluding diaryl/α,β-unsaturated/α-hetero) is 1. The second kappa shape index (κ2) is 6.49. The molecular formula is C13H10BrIN2O3. The molecule has 2 rings (SSSR count). The van der Waals surface area contributed by atoms with Crippen molar-refractivity contribution in [3.05, 3.63) is 54.7 Å². The quantitative estimate of drug-likeness (QED) is 0.532. The number of ether oxygens (including phenoxy) is 1. The van der Waals surface area contributed by atoms with Gasteiger partial charge in [-0.15, -0.1) is 0 Å². The van der Waals surface area contributed by atoms with Crippen LogP contribution >= 0.6 is 38.5 Å². The first-order valence-electron chi connectivity index (χ1n) is 5.59. The molecule has 104 valence electrons. The molecular weight excluding hydrogens is 439 g/mol. The normalized spacial score (nSPS) is 10.3. The molecule has 2 aromatic rings. The van der Waals surface area contributed by atoms with Crippen molar-refractivity contribution in [2.24, 2.45) is 0 Å². The molecule has 0 aliphatic carbocycles. The predicted molar refractivity (Wildman–Crippen MR) is 86.2 cm³/mol. The monoisotopic (exact) mass is 448 g/mol. The molecule has 7 heteroatoms. The van der Waals surface area contributed by atoms with E-state index in [1.54, 1.807) is 25.3 Å². The zero-order valence-corrected chi connectivity index (χ0v) is 14.2. The third-order valence-corrected chi connectivity index (χ3v) is 4.01. The minimum Gasteiger partial charge on any atom is -0.496 e. The molecule has 1 heterocycles. The van der Waals surface area contributed by atoms with Crippen LogP contribution in [0.5, 0.6) is 5.75 Å². The summed E-state index contributed by atoms with van der Waals surface area (Å²) in [6.07, 6.45) is 2.83. The number of nitrogens with zero attached hydrogens (tertiary/aromatic N) is 2. The van der Waals surface area contributed by atoms with Crippen LogP contribution in [0.3, 0.4) is 0 Å². The van der Waals surface area contributed by atoms with Gasteiger partial charge in [0, 0.05) is 11.8 Å². The lowest BCUT2D eigenvalue weighted by Crippen LogP contribution is -2.26. The average molecular weight is 449 g/mol. The van der Waals surface area contributed by atoms with E-state index in [-0.39, 0.29) is 17.9 Å². The summed E-state index contributed by atoms with van der Waals surface area (Å²) in [5.74, 6) is 0.480. The second-order valence-electron chi connectivity index (χ2n) is 3.95. The number of benzene rings is 1. The van der Waals surface area contributed by atoms with Crippen molar-refractivity contribution in [2.75, 3.05) is 7.11 Å². The zero-order chi connectivity index (χ0) is 14.7. The Balaban J connectivity index is 2.26. The van der Waals surface area contributed by atoms with Gasteiger partial charge >= 0.3 is 0 Å². The molecule has 0 saturated carbocycles. The van der Waals surface area contributed by atoms with E-state index in [9.17, 15) is 9.59 Å². The Hall–Kier alpha value is -1.22. The molecule has 0 fully saturated rings. The summed E-state index contributed by atoms with van der Waals surface area (Å²) in [7, 11) is 1.55. The molecule has 20 heavy (non-hydrogen) atoms. The number of methoxy groups -OCH3 is 1. The summed E-state index contributed by atoms with van der Waals surface area (Å²) in [5, 5.41) is 0. The molecule has 0 spiro atoms. The lowest BCUT2D eigenvalue weighted by Gasteiger charge is -2.07. The highest BCUT2D eigenvalue weighted by Gasteiger charge is 2.11. The van der Waals surface area contributed by atoms with Crippen LogP contribution in [0.1, 0.15) is 10.4 Å². The Labute approximate surface area is 137 Å². The van der Waals surface area contributed by atoms with E-state index in [0.29, 0.717) is 19.4 Å². The number of aromatic nitrogens is 2. The Morgan fingerprint density at radius 3 is 2.90 bits per heavy atom. The van der Waals surface area contributed by atoms with E-state index < -0.39 is 0 Å². The molecule has 0 atom stereocenters. The lowest BCUT2D eigenvalue weighted by molar-refractivity contribution is 0.0970. The van der Waals surface area contributed by atoms with Crippen LogP contribution in [-0.4, -0.2) is 22.4 Å². The number of hydrogen-bond donors (Lipinski definition) is 0. The molecule has 0 radical (unpaired) electrons. The first-order valence-corrected chi connectivity index (χ1v) is 7.47. The first kappa shape index (κ1) is 15.2. The summed E-state index contributed by atoms with van der Waals surface area (Å²) < 4.78 is 7.58. The molecule has 0 amide bonds. The van der Waals surface area contributed by atoms with E-state index in [2.05, 4.69) is 20.9 Å². The third kappa shape index (κ3) is 3.26. The predicted octanol–water partition coefficient (Wildman–Crippen LogP) is 2.50. The van der Waals surface area contributed by atoms with Crippen molar-refractivity contribution < 1.29 is 9.53 Å². The van der Waals surface area contributed by atoms with Gasteiger partial charge in [0.15, 0.2) is 5.78 Å². The molecule has 0 N–H and O–H groups in total. The number of carbonyl (C=O) groups excluding carboxylic acids is 1. The molecule has 5 nitrogen and oxygen atoms in total. The molecule has 0 aliphatic rings. The summed E-state index contributed by atoms with van der Waals surface area (Å²) in [6, 6.07) is 5.04. The van der Waals surface area contributed by atoms with Crippen molar-refractivity contribution in [3.8, 4) is 5.75 Å². The van der Waals surface area contributed by atoms with E-state index in [1.165, 1.54) is 17.1 Å². The van der Waals surface area contributed by atoms with Gasteiger partial charge < -0.3 is 4.74 Å². The van der Waals surface area contributed by atoms with Crippen molar-refractivity contribution >= 4 is 44.3 Å². The Kier molecular flexibility index (Phi) is 4.92. The maximum absolute atomic E-state index is 12.2. The van der Waals surface area contributed by atoms with Crippen LogP contribution in [0.4, 0.5) is 0 Å². The Morgan fingerprint density at radius 2 is 2.25 bits per heavy atom. The Bertz CT molecular complexity index is 715. The van der Waals surface area contributed by atoms with Gasteiger partial charge in [0.2, 0.25) is 0 Å². The molecule has 0 bridgehead atoms. The highest BCUT2D eigenvalue weighted by molar-refractivity contribution is 14.1. The van der Waals surface area contributed by atoms with Crippen LogP contribution < -0.4 is 10.3 Å². The van der Waals surface area contributed by atoms with Crippen LogP contribution in [0, 0.1) is 3.57 Å². The summed E-state index contributed by atoms with van der Waals surface area (Å²) in [4.78, 5) is 27.9. The molecule has 1 aromatic carbocycles. The first-order chi connectivity index (χ1) is 9.52. The van der Waals surface area contributed by atoms with Crippen molar-refractivity contribution in [1.29, 1.82) is 0 Å². The largest absolute Gasteiger partial charge is 0.496 e. The van der Waals surface area contributed by atoms with Gasteiger partial charge in [-0.1, -0.05) is 0 Å². The zero-order valence-electron chi connectivity index (χ0n) is 10.5. The van der Waals surface area contributed by atoms with Crippen LogP contribution in [0.25, 0.3) is 0 Å². The number of hydrogen-bond acceptors (Lipinski definition) is 4. The molecule has 0 saturated heterocycles. The number of carbonyl (C=O) groups is 1. The summed E-state index contributed by atoms with van der Waals surface area (Å²) in [6.45, 7) is -0.0402. The van der Waals surface area contributed by atoms with Gasteiger partial charge in [-0.25, -0.2) is 4.98 Å². The van der Waals surface area contributed by atoms with Crippen molar-refractivity contribution in [2.45, 2.75) is 6.54 Å². The molecule has 0 unspecified atom stereocenters. The van der Waals surface area contributed by atoms with Crippen molar-refractivity contribution in [1.82, 2.24) is 9.55 Å². The fourth-order valence-corrected chi connectivity index (χ4v) is 2.63. The molecule has 1 aromatic heterocycles. The highest BCUT2D eigenvalue weighted by atomic mass is 127. The maximum atomic E-state index is 12.2. The fraction of sp³-hybridized carbons (Fsp3) is 0.154. The second-order valence-corrected chi connectivity index (χ2v) is 5.96. The topological polar surface area (TPSA) is 61.2 Å². The smallest absolute Gasteiger partial charge is 0.267 e. The standard InChI is InChI=1S/C13H10BrIN2O3/c1-20-12-3-2-8(4-9(12)14)11(18)6-17-7-16-5-10(15)13(17)19/h2-5,7H,6H2,1H3. The average Bonchev–Trinajstić information content (AvgIpc) is 2.43. The van der Waals surface area contributed by atoms with Gasteiger partial charge in [0.1, 0.15) is 5.75 Å². The van der Waals surface area contributed by atoms with Gasteiger partial charge in [0.05, 0.1) is 28.0 Å². The number of ketones is 1. The van der Waals surface area contributed by atoms with Crippen LogP contribution in [-0.2, 0) is 6.54 Å². The molecule has 0 aliphatic heterocycles. The van der Waals surface area contributed by atoms with E-state index in [4.69, 9.17) is 4.74 Å². The van der Waals surface area contributed by atoms with Crippen molar-refractivity contribution in [3.63, 3.8) is 0 Å². The maximum Gasteiger partial charge on any atom is 0.267 e. The summed E-state index contributed by atoms with van der Waals surface area (Å²) >= 11 is 5.22. The van der Waals surface area contributed by atoms with E-state index in [1.807, 2.05) is 22.6 Å². The summed E-state index contributed by atoms with van der Waals surface area (Å²) in [5.41, 5.74) is 0.282. The SMILES string of the molecule is COc1ccc(C(=O)Cn2cncc(I)c2=O)cc1Br. The highest BCUT2D eigenvalue weighted by Crippen LogP contribution is 2.25. The van der Waals surface area contributed by atoms with Crippen LogP contribution in [0.2, 0.25) is 0 Å². The number of rotatable bonds is 4. The van der Waals surface area contributed by atoms with Gasteiger partial charge in [0.25, 0.3) is 5.56 Å². The minimum absolute atomic E-state index is 0.0402. The van der Waals surface area contributed by atoms with Crippen LogP contribution in [0.15, 0.2) is 40.0 Å². The number of halogens is 2. The van der Waals surface area contributed by atoms with E-state index >= 15 is 0 Å². The van der Waals surface area contributed by atoms with Gasteiger partial charge in [-0.2, -0.15) is 0 Å².